The molecule has 1 aromatic heterocycles. The number of hydrogen-bond donors (Lipinski definition) is 2. The summed E-state index contributed by atoms with van der Waals surface area (Å²) in [6.45, 7) is 5.90. The molecule has 0 atom stereocenters. The molecule has 0 unspecified atom stereocenters. The number of carbonyl (C=O) groups is 1. The highest BCUT2D eigenvalue weighted by Crippen LogP contribution is 2.27. The van der Waals surface area contributed by atoms with E-state index in [0.717, 1.165) is 37.1 Å². The summed E-state index contributed by atoms with van der Waals surface area (Å²) >= 11 is 0. The van der Waals surface area contributed by atoms with E-state index in [2.05, 4.69) is 15.3 Å². The number of amides is 1. The van der Waals surface area contributed by atoms with Gasteiger partial charge in [-0.2, -0.15) is 4.98 Å². The molecule has 1 aromatic carbocycles. The third-order valence-corrected chi connectivity index (χ3v) is 4.82. The third kappa shape index (κ3) is 3.92. The van der Waals surface area contributed by atoms with Crippen molar-refractivity contribution in [3.63, 3.8) is 0 Å². The SMILES string of the molecule is Cc1c(F)ccc(-c2cc(NCCCN3CCCC3=O)nc(N)n2)c1C. The van der Waals surface area contributed by atoms with Crippen LogP contribution in [0.15, 0.2) is 18.2 Å². The van der Waals surface area contributed by atoms with Gasteiger partial charge in [0.05, 0.1) is 5.69 Å². The molecular formula is C19H24FN5O. The molecular weight excluding hydrogens is 333 g/mol. The average molecular weight is 357 g/mol. The second-order valence-corrected chi connectivity index (χ2v) is 6.61. The van der Waals surface area contributed by atoms with Crippen LogP contribution in [0.3, 0.4) is 0 Å². The summed E-state index contributed by atoms with van der Waals surface area (Å²) in [4.78, 5) is 22.0. The van der Waals surface area contributed by atoms with Crippen molar-refractivity contribution in [1.82, 2.24) is 14.9 Å². The summed E-state index contributed by atoms with van der Waals surface area (Å²) in [6, 6.07) is 4.97. The number of nitrogen functional groups attached to an aromatic ring is 1. The highest BCUT2D eigenvalue weighted by atomic mass is 19.1. The lowest BCUT2D eigenvalue weighted by molar-refractivity contribution is -0.127. The van der Waals surface area contributed by atoms with E-state index in [0.29, 0.717) is 30.0 Å². The molecule has 3 N–H and O–H groups in total. The minimum atomic E-state index is -0.233. The Kier molecular flexibility index (Phi) is 5.35. The number of anilines is 2. The molecule has 0 aliphatic carbocycles. The van der Waals surface area contributed by atoms with Gasteiger partial charge >= 0.3 is 0 Å². The molecule has 1 aliphatic rings. The van der Waals surface area contributed by atoms with Gasteiger partial charge in [-0.25, -0.2) is 9.37 Å². The van der Waals surface area contributed by atoms with Crippen LogP contribution in [0.25, 0.3) is 11.3 Å². The van der Waals surface area contributed by atoms with E-state index >= 15 is 0 Å². The Bertz CT molecular complexity index is 824. The molecule has 1 aliphatic heterocycles. The van der Waals surface area contributed by atoms with E-state index in [-0.39, 0.29) is 17.7 Å². The molecule has 1 saturated heterocycles. The number of halogens is 1. The van der Waals surface area contributed by atoms with E-state index in [1.165, 1.54) is 6.07 Å². The third-order valence-electron chi connectivity index (χ3n) is 4.82. The Morgan fingerprint density at radius 1 is 1.27 bits per heavy atom. The first-order chi connectivity index (χ1) is 12.5. The normalized spacial score (nSPS) is 14.1. The minimum absolute atomic E-state index is 0.168. The lowest BCUT2D eigenvalue weighted by atomic mass is 10.0. The first-order valence-electron chi connectivity index (χ1n) is 8.88. The standard InChI is InChI=1S/C19H24FN5O/c1-12-13(2)15(20)7-6-14(12)16-11-17(24-19(21)23-16)22-8-4-10-25-9-3-5-18(25)26/h6-7,11H,3-5,8-10H2,1-2H3,(H3,21,22,23,24). The number of benzene rings is 1. The second-order valence-electron chi connectivity index (χ2n) is 6.61. The zero-order chi connectivity index (χ0) is 18.7. The van der Waals surface area contributed by atoms with Crippen molar-refractivity contribution in [2.75, 3.05) is 30.7 Å². The van der Waals surface area contributed by atoms with Gasteiger partial charge in [0.2, 0.25) is 11.9 Å². The van der Waals surface area contributed by atoms with Crippen LogP contribution in [-0.2, 0) is 4.79 Å². The molecule has 0 saturated carbocycles. The summed E-state index contributed by atoms with van der Waals surface area (Å²) < 4.78 is 13.7. The second kappa shape index (κ2) is 7.68. The molecule has 7 heteroatoms. The molecule has 0 spiro atoms. The van der Waals surface area contributed by atoms with Gasteiger partial charge in [0.15, 0.2) is 0 Å². The predicted molar refractivity (Wildman–Crippen MR) is 100 cm³/mol. The quantitative estimate of drug-likeness (QED) is 0.777. The number of carbonyl (C=O) groups excluding carboxylic acids is 1. The monoisotopic (exact) mass is 357 g/mol. The van der Waals surface area contributed by atoms with Gasteiger partial charge in [0.25, 0.3) is 0 Å². The first kappa shape index (κ1) is 18.1. The van der Waals surface area contributed by atoms with Crippen molar-refractivity contribution in [1.29, 1.82) is 0 Å². The van der Waals surface area contributed by atoms with Crippen molar-refractivity contribution in [3.8, 4) is 11.3 Å². The van der Waals surface area contributed by atoms with Crippen LogP contribution < -0.4 is 11.1 Å². The maximum absolute atomic E-state index is 13.7. The number of rotatable bonds is 6. The summed E-state index contributed by atoms with van der Waals surface area (Å²) in [5.74, 6) is 0.798. The van der Waals surface area contributed by atoms with Gasteiger partial charge in [0, 0.05) is 37.7 Å². The molecule has 1 amide bonds. The van der Waals surface area contributed by atoms with Crippen LogP contribution in [0.5, 0.6) is 0 Å². The Balaban J connectivity index is 1.68. The van der Waals surface area contributed by atoms with Crippen molar-refractivity contribution in [2.24, 2.45) is 0 Å². The Morgan fingerprint density at radius 3 is 2.81 bits per heavy atom. The average Bonchev–Trinajstić information content (AvgIpc) is 3.01. The van der Waals surface area contributed by atoms with Crippen LogP contribution in [0.4, 0.5) is 16.2 Å². The fourth-order valence-electron chi connectivity index (χ4n) is 3.19. The summed E-state index contributed by atoms with van der Waals surface area (Å²) in [7, 11) is 0. The van der Waals surface area contributed by atoms with Crippen LogP contribution in [0.2, 0.25) is 0 Å². The first-order valence-corrected chi connectivity index (χ1v) is 8.88. The molecule has 3 rings (SSSR count). The van der Waals surface area contributed by atoms with Gasteiger partial charge in [-0.1, -0.05) is 0 Å². The summed E-state index contributed by atoms with van der Waals surface area (Å²) in [5, 5.41) is 3.24. The topological polar surface area (TPSA) is 84.1 Å². The Hall–Kier alpha value is -2.70. The Morgan fingerprint density at radius 2 is 2.08 bits per heavy atom. The maximum atomic E-state index is 13.7. The van der Waals surface area contributed by atoms with Gasteiger partial charge < -0.3 is 16.0 Å². The van der Waals surface area contributed by atoms with Crippen LogP contribution in [0, 0.1) is 19.7 Å². The van der Waals surface area contributed by atoms with Gasteiger partial charge in [0.1, 0.15) is 11.6 Å². The number of hydrogen-bond acceptors (Lipinski definition) is 5. The summed E-state index contributed by atoms with van der Waals surface area (Å²) in [5.41, 5.74) is 8.78. The van der Waals surface area contributed by atoms with Gasteiger partial charge in [-0.3, -0.25) is 4.79 Å². The fraction of sp³-hybridized carbons (Fsp3) is 0.421. The van der Waals surface area contributed by atoms with Crippen LogP contribution in [-0.4, -0.2) is 40.4 Å². The van der Waals surface area contributed by atoms with Crippen molar-refractivity contribution >= 4 is 17.7 Å². The van der Waals surface area contributed by atoms with Crippen molar-refractivity contribution < 1.29 is 9.18 Å². The summed E-state index contributed by atoms with van der Waals surface area (Å²) in [6.07, 6.45) is 2.45. The number of nitrogens with zero attached hydrogens (tertiary/aromatic N) is 3. The van der Waals surface area contributed by atoms with E-state index in [1.807, 2.05) is 17.9 Å². The van der Waals surface area contributed by atoms with E-state index < -0.39 is 0 Å². The lowest BCUT2D eigenvalue weighted by Gasteiger charge is -2.16. The smallest absolute Gasteiger partial charge is 0.222 e. The number of nitrogens with one attached hydrogen (secondary N) is 1. The zero-order valence-corrected chi connectivity index (χ0v) is 15.2. The highest BCUT2D eigenvalue weighted by Gasteiger charge is 2.19. The maximum Gasteiger partial charge on any atom is 0.222 e. The molecule has 138 valence electrons. The van der Waals surface area contributed by atoms with Crippen molar-refractivity contribution in [2.45, 2.75) is 33.1 Å². The van der Waals surface area contributed by atoms with Crippen LogP contribution >= 0.6 is 0 Å². The minimum Gasteiger partial charge on any atom is -0.370 e. The lowest BCUT2D eigenvalue weighted by Crippen LogP contribution is -2.27. The van der Waals surface area contributed by atoms with Crippen LogP contribution in [0.1, 0.15) is 30.4 Å². The highest BCUT2D eigenvalue weighted by molar-refractivity contribution is 5.78. The Labute approximate surface area is 152 Å². The largest absolute Gasteiger partial charge is 0.370 e. The molecule has 2 aromatic rings. The molecule has 26 heavy (non-hydrogen) atoms. The fourth-order valence-corrected chi connectivity index (χ4v) is 3.19. The zero-order valence-electron chi connectivity index (χ0n) is 15.2. The van der Waals surface area contributed by atoms with E-state index in [9.17, 15) is 9.18 Å². The molecule has 1 fully saturated rings. The van der Waals surface area contributed by atoms with E-state index in [4.69, 9.17) is 5.73 Å². The number of aromatic nitrogens is 2. The number of likely N-dealkylation sites (tertiary alicyclic amines) is 1. The number of nitrogens with two attached hydrogens (primary N) is 1. The van der Waals surface area contributed by atoms with E-state index in [1.54, 1.807) is 13.0 Å². The molecule has 6 nitrogen and oxygen atoms in total. The molecule has 0 radical (unpaired) electrons. The van der Waals surface area contributed by atoms with Gasteiger partial charge in [-0.05, 0) is 49.9 Å². The van der Waals surface area contributed by atoms with Gasteiger partial charge in [-0.15, -0.1) is 0 Å². The van der Waals surface area contributed by atoms with Crippen molar-refractivity contribution in [3.05, 3.63) is 35.1 Å². The molecule has 0 bridgehead atoms. The molecule has 2 heterocycles. The predicted octanol–water partition coefficient (Wildman–Crippen LogP) is 2.91.